The van der Waals surface area contributed by atoms with Crippen LogP contribution in [0.2, 0.25) is 18.1 Å². The molecule has 0 saturated carbocycles. The Labute approximate surface area is 188 Å². The van der Waals surface area contributed by atoms with Gasteiger partial charge in [0.1, 0.15) is 12.1 Å². The van der Waals surface area contributed by atoms with Gasteiger partial charge >= 0.3 is 6.09 Å². The molecule has 1 N–H and O–H groups in total. The number of fused-ring (bicyclic) bond motifs is 1. The summed E-state index contributed by atoms with van der Waals surface area (Å²) in [5, 5.41) is 9.44. The topological polar surface area (TPSA) is 88.4 Å². The van der Waals surface area contributed by atoms with Crippen molar-refractivity contribution >= 4 is 37.1 Å². The van der Waals surface area contributed by atoms with E-state index in [2.05, 4.69) is 4.99 Å². The Balaban J connectivity index is 2.67. The minimum absolute atomic E-state index is 0.119. The molecule has 1 amide bonds. The van der Waals surface area contributed by atoms with Gasteiger partial charge < -0.3 is 14.3 Å². The molecule has 4 atom stereocenters. The van der Waals surface area contributed by atoms with Gasteiger partial charge in [0.05, 0.1) is 0 Å². The number of hydrogen-bond acceptors (Lipinski definition) is 6. The summed E-state index contributed by atoms with van der Waals surface area (Å²) in [6.45, 7) is 17.1. The molecule has 0 unspecified atom stereocenters. The maximum Gasteiger partial charge on any atom is 0.413 e. The molecule has 0 aliphatic carbocycles. The standard InChI is InChI=1S/C20H34F2N2O5SSi/c1-10-24(17(26)27)16-23-14-12(29-31(8,9)19(5,6)7)11(25)13(15(21)22)28-20(14,30-16)18(2,3)4/h12-15H,10H2,1-9H3,(H,26,27)/t12-,13-,14+,20-/m0/s1. The van der Waals surface area contributed by atoms with Gasteiger partial charge in [0, 0.05) is 12.0 Å². The molecular formula is C20H34F2N2O5SSi. The number of rotatable bonds is 4. The number of hydrogen-bond donors (Lipinski definition) is 1. The Kier molecular flexibility index (Phi) is 7.09. The van der Waals surface area contributed by atoms with Crippen LogP contribution in [0.3, 0.4) is 0 Å². The van der Waals surface area contributed by atoms with Gasteiger partial charge in [-0.25, -0.2) is 13.6 Å². The highest BCUT2D eigenvalue weighted by molar-refractivity contribution is 8.15. The first-order valence-electron chi connectivity index (χ1n) is 10.3. The van der Waals surface area contributed by atoms with Gasteiger partial charge in [-0.05, 0) is 36.8 Å². The molecule has 0 bridgehead atoms. The van der Waals surface area contributed by atoms with E-state index in [0.29, 0.717) is 0 Å². The second-order valence-corrected chi connectivity index (χ2v) is 16.4. The highest BCUT2D eigenvalue weighted by atomic mass is 32.2. The number of aliphatic imine (C=N–C) groups is 1. The first-order valence-corrected chi connectivity index (χ1v) is 14.1. The number of alkyl halides is 2. The lowest BCUT2D eigenvalue weighted by molar-refractivity contribution is -0.198. The van der Waals surface area contributed by atoms with Crippen molar-refractivity contribution in [1.82, 2.24) is 4.90 Å². The van der Waals surface area contributed by atoms with E-state index >= 15 is 0 Å². The Morgan fingerprint density at radius 2 is 1.87 bits per heavy atom. The minimum Gasteiger partial charge on any atom is -0.465 e. The van der Waals surface area contributed by atoms with Crippen LogP contribution in [0.4, 0.5) is 13.6 Å². The third-order valence-corrected chi connectivity index (χ3v) is 12.5. The zero-order valence-corrected chi connectivity index (χ0v) is 21.5. The van der Waals surface area contributed by atoms with E-state index in [4.69, 9.17) is 9.16 Å². The quantitative estimate of drug-likeness (QED) is 0.580. The third kappa shape index (κ3) is 4.56. The number of halogens is 2. The van der Waals surface area contributed by atoms with Gasteiger partial charge in [0.2, 0.25) is 0 Å². The monoisotopic (exact) mass is 480 g/mol. The van der Waals surface area contributed by atoms with E-state index in [1.807, 2.05) is 54.6 Å². The van der Waals surface area contributed by atoms with Gasteiger partial charge in [-0.1, -0.05) is 41.5 Å². The maximum absolute atomic E-state index is 13.9. The lowest BCUT2D eigenvalue weighted by atomic mass is 9.78. The molecule has 2 rings (SSSR count). The minimum atomic E-state index is -3.04. The molecule has 0 aromatic rings. The molecule has 2 heterocycles. The van der Waals surface area contributed by atoms with E-state index < -0.39 is 55.2 Å². The summed E-state index contributed by atoms with van der Waals surface area (Å²) in [4.78, 5) is 29.1. The number of carbonyl (C=O) groups is 2. The molecule has 2 aliphatic heterocycles. The van der Waals surface area contributed by atoms with E-state index in [-0.39, 0.29) is 16.8 Å². The van der Waals surface area contributed by atoms with Crippen LogP contribution < -0.4 is 0 Å². The molecule has 11 heteroatoms. The van der Waals surface area contributed by atoms with Crippen LogP contribution in [0.15, 0.2) is 4.99 Å². The van der Waals surface area contributed by atoms with Gasteiger partial charge in [0.25, 0.3) is 6.43 Å². The summed E-state index contributed by atoms with van der Waals surface area (Å²) in [6.07, 6.45) is -7.46. The van der Waals surface area contributed by atoms with Gasteiger partial charge in [-0.15, -0.1) is 0 Å². The third-order valence-electron chi connectivity index (χ3n) is 6.31. The fraction of sp³-hybridized carbons (Fsp3) is 0.850. The van der Waals surface area contributed by atoms with Crippen molar-refractivity contribution in [2.45, 2.75) is 96.2 Å². The van der Waals surface area contributed by atoms with E-state index in [1.165, 1.54) is 0 Å². The van der Waals surface area contributed by atoms with E-state index in [0.717, 1.165) is 16.7 Å². The van der Waals surface area contributed by atoms with E-state index in [1.54, 1.807) is 6.92 Å². The van der Waals surface area contributed by atoms with Crippen molar-refractivity contribution < 1.29 is 32.6 Å². The molecule has 1 saturated heterocycles. The van der Waals surface area contributed by atoms with Crippen molar-refractivity contribution in [1.29, 1.82) is 0 Å². The van der Waals surface area contributed by atoms with Crippen LogP contribution in [0.5, 0.6) is 0 Å². The number of thioether (sulfide) groups is 1. The van der Waals surface area contributed by atoms with Crippen molar-refractivity contribution in [3.05, 3.63) is 0 Å². The Bertz CT molecular complexity index is 766. The molecule has 31 heavy (non-hydrogen) atoms. The first-order chi connectivity index (χ1) is 13.9. The maximum atomic E-state index is 13.9. The number of ether oxygens (including phenoxy) is 1. The molecule has 0 spiro atoms. The Morgan fingerprint density at radius 1 is 1.32 bits per heavy atom. The fourth-order valence-electron chi connectivity index (χ4n) is 3.39. The van der Waals surface area contributed by atoms with E-state index in [9.17, 15) is 23.5 Å². The smallest absolute Gasteiger partial charge is 0.413 e. The SMILES string of the molecule is CCN(C(=O)O)C1=N[C@@H]2[C@@H](O[Si](C)(C)C(C)(C)C)C(=O)[C@@H](C(F)F)O[C@]2(C(C)(C)C)S1. The van der Waals surface area contributed by atoms with Crippen LogP contribution >= 0.6 is 11.8 Å². The second kappa shape index (κ2) is 8.38. The summed E-state index contributed by atoms with van der Waals surface area (Å²) < 4.78 is 40.1. The summed E-state index contributed by atoms with van der Waals surface area (Å²) in [5.74, 6) is -0.839. The lowest BCUT2D eigenvalue weighted by Gasteiger charge is -2.52. The largest absolute Gasteiger partial charge is 0.465 e. The predicted octanol–water partition coefficient (Wildman–Crippen LogP) is 4.82. The lowest BCUT2D eigenvalue weighted by Crippen LogP contribution is -2.67. The van der Waals surface area contributed by atoms with Crippen LogP contribution in [0.1, 0.15) is 48.5 Å². The summed E-state index contributed by atoms with van der Waals surface area (Å²) in [5.41, 5.74) is -0.756. The highest BCUT2D eigenvalue weighted by Crippen LogP contribution is 2.56. The molecule has 0 aromatic carbocycles. The molecule has 2 aliphatic rings. The number of Topliss-reactive ketones (excluding diaryl/α,β-unsaturated/α-hetero) is 1. The van der Waals surface area contributed by atoms with Gasteiger partial charge in [0.15, 0.2) is 30.3 Å². The predicted molar refractivity (Wildman–Crippen MR) is 119 cm³/mol. The first kappa shape index (κ1) is 26.2. The van der Waals surface area contributed by atoms with Crippen molar-refractivity contribution in [3.8, 4) is 0 Å². The summed E-state index contributed by atoms with van der Waals surface area (Å²) in [7, 11) is -2.56. The van der Waals surface area contributed by atoms with Crippen LogP contribution in [-0.2, 0) is 14.0 Å². The number of nitrogens with zero attached hydrogens (tertiary/aromatic N) is 2. The number of amidine groups is 1. The zero-order valence-electron chi connectivity index (χ0n) is 19.7. The zero-order chi connectivity index (χ0) is 24.2. The number of ketones is 1. The number of carbonyl (C=O) groups excluding carboxylic acids is 1. The van der Waals surface area contributed by atoms with Crippen molar-refractivity contribution in [3.63, 3.8) is 0 Å². The average molecular weight is 481 g/mol. The Hall–Kier alpha value is -1.04. The molecule has 7 nitrogen and oxygen atoms in total. The van der Waals surface area contributed by atoms with Crippen LogP contribution in [0, 0.1) is 5.41 Å². The molecule has 0 radical (unpaired) electrons. The van der Waals surface area contributed by atoms with Gasteiger partial charge in [-0.2, -0.15) is 0 Å². The molecule has 0 aromatic heterocycles. The summed E-state index contributed by atoms with van der Waals surface area (Å²) >= 11 is 0.993. The van der Waals surface area contributed by atoms with Crippen molar-refractivity contribution in [2.75, 3.05) is 6.54 Å². The summed E-state index contributed by atoms with van der Waals surface area (Å²) in [6, 6.07) is -0.947. The number of amides is 1. The highest BCUT2D eigenvalue weighted by Gasteiger charge is 2.66. The molecular weight excluding hydrogens is 446 g/mol. The number of carboxylic acid groups (broad SMARTS) is 1. The molecule has 178 valence electrons. The molecule has 1 fully saturated rings. The van der Waals surface area contributed by atoms with Crippen LogP contribution in [-0.4, -0.2) is 71.5 Å². The van der Waals surface area contributed by atoms with Gasteiger partial charge in [-0.3, -0.25) is 14.7 Å². The Morgan fingerprint density at radius 3 is 2.26 bits per heavy atom. The second-order valence-electron chi connectivity index (χ2n) is 10.5. The fourth-order valence-corrected chi connectivity index (χ4v) is 6.14. The van der Waals surface area contributed by atoms with Crippen molar-refractivity contribution in [2.24, 2.45) is 10.4 Å². The van der Waals surface area contributed by atoms with Crippen LogP contribution in [0.25, 0.3) is 0 Å². The average Bonchev–Trinajstić information content (AvgIpc) is 2.96. The normalized spacial score (nSPS) is 29.7.